The Hall–Kier alpha value is -1.38. The van der Waals surface area contributed by atoms with Gasteiger partial charge in [0, 0.05) is 51.9 Å². The van der Waals surface area contributed by atoms with Crippen LogP contribution >= 0.6 is 0 Å². The molecule has 0 amide bonds. The minimum absolute atomic E-state index is 0.360. The molecular weight excluding hydrogens is 338 g/mol. The molecule has 1 N–H and O–H groups in total. The molecule has 1 unspecified atom stereocenters. The lowest BCUT2D eigenvalue weighted by Gasteiger charge is -2.32. The number of benzene rings is 1. The van der Waals surface area contributed by atoms with Crippen molar-refractivity contribution in [1.82, 2.24) is 15.1 Å². The van der Waals surface area contributed by atoms with Gasteiger partial charge in [-0.1, -0.05) is 6.07 Å². The predicted octanol–water partition coefficient (Wildman–Crippen LogP) is 2.25. The van der Waals surface area contributed by atoms with E-state index < -0.39 is 18.6 Å². The molecule has 8 heteroatoms. The summed E-state index contributed by atoms with van der Waals surface area (Å²) in [7, 11) is 0. The van der Waals surface area contributed by atoms with Crippen molar-refractivity contribution in [3.63, 3.8) is 0 Å². The predicted molar refractivity (Wildman–Crippen MR) is 86.1 cm³/mol. The van der Waals surface area contributed by atoms with Crippen molar-refractivity contribution in [3.05, 3.63) is 29.6 Å². The molecule has 2 heterocycles. The zero-order chi connectivity index (χ0) is 17.9. The summed E-state index contributed by atoms with van der Waals surface area (Å²) in [6, 6.07) is 4.71. The number of hydrogen-bond acceptors (Lipinski definition) is 4. The molecule has 0 aliphatic carbocycles. The largest absolute Gasteiger partial charge is 0.481 e. The molecule has 2 aliphatic heterocycles. The maximum absolute atomic E-state index is 13.9. The van der Waals surface area contributed by atoms with Crippen LogP contribution in [0.25, 0.3) is 0 Å². The van der Waals surface area contributed by atoms with Gasteiger partial charge in [-0.25, -0.2) is 4.39 Å². The van der Waals surface area contributed by atoms with Crippen LogP contribution in [0, 0.1) is 5.82 Å². The average Bonchev–Trinajstić information content (AvgIpc) is 3.02. The molecule has 25 heavy (non-hydrogen) atoms. The van der Waals surface area contributed by atoms with Crippen molar-refractivity contribution in [2.75, 3.05) is 45.9 Å². The van der Waals surface area contributed by atoms with Gasteiger partial charge in [-0.15, -0.1) is 0 Å². The van der Waals surface area contributed by atoms with Crippen LogP contribution < -0.4 is 10.1 Å². The number of likely N-dealkylation sites (tertiary alicyclic amines) is 1. The molecule has 1 aromatic carbocycles. The Morgan fingerprint density at radius 2 is 1.92 bits per heavy atom. The fourth-order valence-corrected chi connectivity index (χ4v) is 3.48. The second-order valence-corrected chi connectivity index (χ2v) is 6.63. The Bertz CT molecular complexity index is 576. The first-order valence-corrected chi connectivity index (χ1v) is 8.56. The molecule has 1 atom stereocenters. The zero-order valence-electron chi connectivity index (χ0n) is 14.0. The van der Waals surface area contributed by atoms with Gasteiger partial charge in [-0.3, -0.25) is 9.80 Å². The fraction of sp³-hybridized carbons (Fsp3) is 0.647. The molecule has 0 spiro atoms. The standard InChI is InChI=1S/C17H23F4N3O/c18-15-9-13(1-2-16(15)25-12-17(19,20)21)10-23-6-3-14(11-23)24-7-4-22-5-8-24/h1-2,9,14,22H,3-8,10-12H2. The van der Waals surface area contributed by atoms with Crippen molar-refractivity contribution in [2.24, 2.45) is 0 Å². The lowest BCUT2D eigenvalue weighted by Crippen LogP contribution is -2.49. The van der Waals surface area contributed by atoms with E-state index in [1.807, 2.05) is 0 Å². The minimum atomic E-state index is -4.47. The molecular formula is C17H23F4N3O. The van der Waals surface area contributed by atoms with E-state index in [1.54, 1.807) is 6.07 Å². The second kappa shape index (κ2) is 7.88. The molecule has 2 fully saturated rings. The number of halogens is 4. The first kappa shape index (κ1) is 18.4. The molecule has 0 saturated carbocycles. The number of ether oxygens (including phenoxy) is 1. The van der Waals surface area contributed by atoms with Crippen molar-refractivity contribution >= 4 is 0 Å². The molecule has 4 nitrogen and oxygen atoms in total. The van der Waals surface area contributed by atoms with Crippen molar-refractivity contribution in [2.45, 2.75) is 25.2 Å². The monoisotopic (exact) mass is 361 g/mol. The summed E-state index contributed by atoms with van der Waals surface area (Å²) in [5.41, 5.74) is 0.748. The highest BCUT2D eigenvalue weighted by Crippen LogP contribution is 2.24. The van der Waals surface area contributed by atoms with Crippen LogP contribution in [0.3, 0.4) is 0 Å². The third-order valence-corrected chi connectivity index (χ3v) is 4.71. The van der Waals surface area contributed by atoms with Gasteiger partial charge in [0.15, 0.2) is 18.2 Å². The van der Waals surface area contributed by atoms with Crippen LogP contribution in [0.15, 0.2) is 18.2 Å². The van der Waals surface area contributed by atoms with E-state index in [0.29, 0.717) is 12.6 Å². The van der Waals surface area contributed by atoms with Gasteiger partial charge < -0.3 is 10.1 Å². The van der Waals surface area contributed by atoms with Crippen LogP contribution in [-0.2, 0) is 6.54 Å². The molecule has 0 bridgehead atoms. The van der Waals surface area contributed by atoms with Crippen LogP contribution in [0.2, 0.25) is 0 Å². The third-order valence-electron chi connectivity index (χ3n) is 4.71. The normalized spacial score (nSPS) is 23.1. The maximum atomic E-state index is 13.9. The second-order valence-electron chi connectivity index (χ2n) is 6.63. The number of rotatable bonds is 5. The van der Waals surface area contributed by atoms with Gasteiger partial charge in [0.25, 0.3) is 0 Å². The van der Waals surface area contributed by atoms with Crippen molar-refractivity contribution in [1.29, 1.82) is 0 Å². The number of nitrogens with one attached hydrogen (secondary N) is 1. The van der Waals surface area contributed by atoms with Crippen LogP contribution in [0.1, 0.15) is 12.0 Å². The summed E-state index contributed by atoms with van der Waals surface area (Å²) in [6.07, 6.45) is -3.38. The summed E-state index contributed by atoms with van der Waals surface area (Å²) >= 11 is 0. The quantitative estimate of drug-likeness (QED) is 0.815. The number of piperazine rings is 1. The van der Waals surface area contributed by atoms with E-state index in [9.17, 15) is 17.6 Å². The third kappa shape index (κ3) is 5.29. The maximum Gasteiger partial charge on any atom is 0.422 e. The first-order chi connectivity index (χ1) is 11.9. The Morgan fingerprint density at radius 1 is 1.16 bits per heavy atom. The molecule has 2 saturated heterocycles. The molecule has 2 aliphatic rings. The van der Waals surface area contributed by atoms with E-state index in [1.165, 1.54) is 12.1 Å². The van der Waals surface area contributed by atoms with E-state index in [4.69, 9.17) is 0 Å². The molecule has 140 valence electrons. The summed E-state index contributed by atoms with van der Waals surface area (Å²) < 4.78 is 54.9. The molecule has 0 aromatic heterocycles. The first-order valence-electron chi connectivity index (χ1n) is 8.56. The zero-order valence-corrected chi connectivity index (χ0v) is 14.0. The number of hydrogen-bond donors (Lipinski definition) is 1. The Labute approximate surface area is 144 Å². The summed E-state index contributed by atoms with van der Waals surface area (Å²) in [4.78, 5) is 4.75. The highest BCUT2D eigenvalue weighted by atomic mass is 19.4. The van der Waals surface area contributed by atoms with E-state index >= 15 is 0 Å². The highest BCUT2D eigenvalue weighted by molar-refractivity contribution is 5.29. The van der Waals surface area contributed by atoms with Crippen LogP contribution in [0.5, 0.6) is 5.75 Å². The van der Waals surface area contributed by atoms with Gasteiger partial charge in [0.2, 0.25) is 0 Å². The Balaban J connectivity index is 1.52. The van der Waals surface area contributed by atoms with Gasteiger partial charge in [0.05, 0.1) is 0 Å². The van der Waals surface area contributed by atoms with Gasteiger partial charge in [-0.2, -0.15) is 13.2 Å². The lowest BCUT2D eigenvalue weighted by molar-refractivity contribution is -0.153. The Kier molecular flexibility index (Phi) is 5.81. The number of nitrogens with zero attached hydrogens (tertiary/aromatic N) is 2. The van der Waals surface area contributed by atoms with E-state index in [2.05, 4.69) is 19.9 Å². The summed E-state index contributed by atoms with van der Waals surface area (Å²) in [5, 5.41) is 3.34. The van der Waals surface area contributed by atoms with Gasteiger partial charge in [-0.05, 0) is 24.1 Å². The Morgan fingerprint density at radius 3 is 2.60 bits per heavy atom. The van der Waals surface area contributed by atoms with Crippen LogP contribution in [-0.4, -0.2) is 67.9 Å². The summed E-state index contributed by atoms with van der Waals surface area (Å²) in [5.74, 6) is -1.11. The van der Waals surface area contributed by atoms with E-state index in [0.717, 1.165) is 51.3 Å². The highest BCUT2D eigenvalue weighted by Gasteiger charge is 2.30. The molecule has 0 radical (unpaired) electrons. The number of alkyl halides is 3. The van der Waals surface area contributed by atoms with Crippen molar-refractivity contribution in [3.8, 4) is 5.75 Å². The van der Waals surface area contributed by atoms with Gasteiger partial charge in [0.1, 0.15) is 0 Å². The molecule has 3 rings (SSSR count). The SMILES string of the molecule is Fc1cc(CN2CCC(N3CCNCC3)C2)ccc1OCC(F)(F)F. The fourth-order valence-electron chi connectivity index (χ4n) is 3.48. The topological polar surface area (TPSA) is 27.7 Å². The van der Waals surface area contributed by atoms with Crippen molar-refractivity contribution < 1.29 is 22.3 Å². The minimum Gasteiger partial charge on any atom is -0.481 e. The lowest BCUT2D eigenvalue weighted by atomic mass is 10.2. The van der Waals surface area contributed by atoms with Crippen LogP contribution in [0.4, 0.5) is 17.6 Å². The summed E-state index contributed by atoms with van der Waals surface area (Å²) in [6.45, 7) is 5.14. The van der Waals surface area contributed by atoms with E-state index in [-0.39, 0.29) is 5.75 Å². The average molecular weight is 361 g/mol. The van der Waals surface area contributed by atoms with Gasteiger partial charge >= 0.3 is 6.18 Å². The molecule has 1 aromatic rings. The smallest absolute Gasteiger partial charge is 0.422 e.